The third-order valence-electron chi connectivity index (χ3n) is 3.93. The van der Waals surface area contributed by atoms with Gasteiger partial charge in [0, 0.05) is 11.6 Å². The van der Waals surface area contributed by atoms with Crippen LogP contribution in [0.15, 0.2) is 74.3 Å². The Kier molecular flexibility index (Phi) is 4.25. The summed E-state index contributed by atoms with van der Waals surface area (Å²) < 4.78 is 16.4. The number of carbonyl (C=O) groups is 1. The molecule has 4 aromatic rings. The lowest BCUT2D eigenvalue weighted by atomic mass is 10.2. The summed E-state index contributed by atoms with van der Waals surface area (Å²) in [6.07, 6.45) is -0.806. The Morgan fingerprint density at radius 3 is 2.56 bits per heavy atom. The van der Waals surface area contributed by atoms with Gasteiger partial charge in [-0.15, -0.1) is 10.2 Å². The van der Waals surface area contributed by atoms with Gasteiger partial charge in [0.25, 0.3) is 5.89 Å². The highest BCUT2D eigenvalue weighted by Gasteiger charge is 2.22. The van der Waals surface area contributed by atoms with Gasteiger partial charge in [0.15, 0.2) is 11.5 Å². The highest BCUT2D eigenvalue weighted by atomic mass is 16.6. The molecular formula is C20H14N2O5. The van der Waals surface area contributed by atoms with E-state index in [0.29, 0.717) is 16.9 Å². The zero-order chi connectivity index (χ0) is 18.8. The highest BCUT2D eigenvalue weighted by molar-refractivity contribution is 5.89. The molecule has 2 heterocycles. The second-order valence-corrected chi connectivity index (χ2v) is 5.83. The topological polar surface area (TPSA) is 95.4 Å². The van der Waals surface area contributed by atoms with Crippen LogP contribution in [0.2, 0.25) is 0 Å². The Hall–Kier alpha value is -3.74. The summed E-state index contributed by atoms with van der Waals surface area (Å²) in [6.45, 7) is 1.60. The van der Waals surface area contributed by atoms with E-state index >= 15 is 0 Å². The lowest BCUT2D eigenvalue weighted by Crippen LogP contribution is -2.12. The van der Waals surface area contributed by atoms with Crippen LogP contribution in [0.4, 0.5) is 0 Å². The molecule has 7 nitrogen and oxygen atoms in total. The summed E-state index contributed by atoms with van der Waals surface area (Å²) >= 11 is 0. The van der Waals surface area contributed by atoms with Crippen LogP contribution in [0.5, 0.6) is 0 Å². The number of benzene rings is 2. The van der Waals surface area contributed by atoms with Gasteiger partial charge in [0.05, 0.1) is 5.39 Å². The smallest absolute Gasteiger partial charge is 0.375 e. The van der Waals surface area contributed by atoms with Crippen molar-refractivity contribution in [1.29, 1.82) is 0 Å². The van der Waals surface area contributed by atoms with Crippen molar-refractivity contribution in [3.05, 3.63) is 82.5 Å². The first-order valence-electron chi connectivity index (χ1n) is 8.24. The van der Waals surface area contributed by atoms with Crippen molar-refractivity contribution in [2.75, 3.05) is 0 Å². The maximum Gasteiger partial charge on any atom is 0.375 e. The van der Waals surface area contributed by atoms with Crippen LogP contribution in [0.1, 0.15) is 29.5 Å². The Morgan fingerprint density at radius 1 is 1.00 bits per heavy atom. The summed E-state index contributed by atoms with van der Waals surface area (Å²) in [5.74, 6) is -0.505. The van der Waals surface area contributed by atoms with E-state index in [1.165, 1.54) is 0 Å². The minimum absolute atomic E-state index is 0.144. The Labute approximate surface area is 153 Å². The molecule has 2 aromatic carbocycles. The molecule has 27 heavy (non-hydrogen) atoms. The van der Waals surface area contributed by atoms with Crippen LogP contribution in [-0.2, 0) is 4.74 Å². The third-order valence-corrected chi connectivity index (χ3v) is 3.93. The molecule has 4 rings (SSSR count). The third kappa shape index (κ3) is 3.35. The molecule has 0 bridgehead atoms. The van der Waals surface area contributed by atoms with E-state index in [9.17, 15) is 9.59 Å². The largest absolute Gasteiger partial charge is 0.449 e. The molecule has 0 N–H and O–H groups in total. The Balaban J connectivity index is 1.55. The summed E-state index contributed by atoms with van der Waals surface area (Å²) in [7, 11) is 0. The maximum absolute atomic E-state index is 12.4. The highest BCUT2D eigenvalue weighted by Crippen LogP contribution is 2.23. The van der Waals surface area contributed by atoms with E-state index in [0.717, 1.165) is 11.6 Å². The fourth-order valence-electron chi connectivity index (χ4n) is 2.57. The number of nitrogens with zero attached hydrogens (tertiary/aromatic N) is 2. The minimum Gasteiger partial charge on any atom is -0.449 e. The number of hydrogen-bond acceptors (Lipinski definition) is 7. The van der Waals surface area contributed by atoms with Crippen molar-refractivity contribution < 1.29 is 18.4 Å². The van der Waals surface area contributed by atoms with Crippen LogP contribution < -0.4 is 5.43 Å². The van der Waals surface area contributed by atoms with E-state index in [1.807, 2.05) is 30.3 Å². The standard InChI is InChI=1S/C20H14N2O5/c1-12(18-21-22-19(27-18)13-7-3-2-4-8-13)25-20(24)17-11-15(23)14-9-5-6-10-16(14)26-17/h2-12H,1H3. The molecule has 0 fully saturated rings. The second-order valence-electron chi connectivity index (χ2n) is 5.83. The first-order valence-corrected chi connectivity index (χ1v) is 8.24. The number of aromatic nitrogens is 2. The molecule has 0 amide bonds. The van der Waals surface area contributed by atoms with Crippen LogP contribution >= 0.6 is 0 Å². The van der Waals surface area contributed by atoms with Crippen molar-refractivity contribution in [3.8, 4) is 11.5 Å². The molecule has 0 aliphatic carbocycles. The zero-order valence-electron chi connectivity index (χ0n) is 14.3. The summed E-state index contributed by atoms with van der Waals surface area (Å²) in [4.78, 5) is 24.5. The molecule has 1 atom stereocenters. The van der Waals surface area contributed by atoms with Crippen molar-refractivity contribution in [2.45, 2.75) is 13.0 Å². The molecule has 0 aliphatic rings. The van der Waals surface area contributed by atoms with Gasteiger partial charge in [-0.2, -0.15) is 0 Å². The van der Waals surface area contributed by atoms with E-state index in [4.69, 9.17) is 13.6 Å². The van der Waals surface area contributed by atoms with E-state index in [1.54, 1.807) is 31.2 Å². The van der Waals surface area contributed by atoms with Crippen LogP contribution in [0.25, 0.3) is 22.4 Å². The monoisotopic (exact) mass is 362 g/mol. The number of hydrogen-bond donors (Lipinski definition) is 0. The van der Waals surface area contributed by atoms with E-state index in [-0.39, 0.29) is 17.1 Å². The minimum atomic E-state index is -0.806. The average Bonchev–Trinajstić information content (AvgIpc) is 3.19. The number of esters is 1. The Bertz CT molecular complexity index is 1160. The fourth-order valence-corrected chi connectivity index (χ4v) is 2.57. The zero-order valence-corrected chi connectivity index (χ0v) is 14.3. The number of ether oxygens (including phenoxy) is 1. The lowest BCUT2D eigenvalue weighted by Gasteiger charge is -2.09. The molecule has 0 saturated carbocycles. The van der Waals surface area contributed by atoms with Gasteiger partial charge in [-0.1, -0.05) is 30.3 Å². The average molecular weight is 362 g/mol. The van der Waals surface area contributed by atoms with Crippen molar-refractivity contribution >= 4 is 16.9 Å². The first kappa shape index (κ1) is 16.7. The van der Waals surface area contributed by atoms with Gasteiger partial charge in [0.2, 0.25) is 11.7 Å². The summed E-state index contributed by atoms with van der Waals surface area (Å²) in [5.41, 5.74) is 0.754. The molecular weight excluding hydrogens is 348 g/mol. The number of fused-ring (bicyclic) bond motifs is 1. The molecule has 0 spiro atoms. The number of para-hydroxylation sites is 1. The maximum atomic E-state index is 12.4. The molecule has 0 saturated heterocycles. The Morgan fingerprint density at radius 2 is 1.74 bits per heavy atom. The van der Waals surface area contributed by atoms with E-state index in [2.05, 4.69) is 10.2 Å². The molecule has 0 aliphatic heterocycles. The molecule has 2 aromatic heterocycles. The molecule has 1 unspecified atom stereocenters. The predicted molar refractivity (Wildman–Crippen MR) is 96.0 cm³/mol. The van der Waals surface area contributed by atoms with Gasteiger partial charge >= 0.3 is 5.97 Å². The van der Waals surface area contributed by atoms with Gasteiger partial charge < -0.3 is 13.6 Å². The number of rotatable bonds is 4. The lowest BCUT2D eigenvalue weighted by molar-refractivity contribution is 0.0245. The summed E-state index contributed by atoms with van der Waals surface area (Å²) in [5, 5.41) is 8.28. The first-order chi connectivity index (χ1) is 13.1. The SMILES string of the molecule is CC(OC(=O)c1cc(=O)c2ccccc2o1)c1nnc(-c2ccccc2)o1. The number of carbonyl (C=O) groups excluding carboxylic acids is 1. The van der Waals surface area contributed by atoms with Crippen molar-refractivity contribution in [1.82, 2.24) is 10.2 Å². The van der Waals surface area contributed by atoms with Crippen LogP contribution in [-0.4, -0.2) is 16.2 Å². The van der Waals surface area contributed by atoms with E-state index < -0.39 is 12.1 Å². The summed E-state index contributed by atoms with van der Waals surface area (Å²) in [6, 6.07) is 17.0. The second kappa shape index (κ2) is 6.87. The van der Waals surface area contributed by atoms with Gasteiger partial charge in [0.1, 0.15) is 5.58 Å². The fraction of sp³-hybridized carbons (Fsp3) is 0.100. The molecule has 0 radical (unpaired) electrons. The predicted octanol–water partition coefficient (Wildman–Crippen LogP) is 3.76. The normalized spacial score (nSPS) is 12.0. The van der Waals surface area contributed by atoms with Gasteiger partial charge in [-0.3, -0.25) is 4.79 Å². The van der Waals surface area contributed by atoms with Gasteiger partial charge in [-0.05, 0) is 31.2 Å². The molecule has 7 heteroatoms. The van der Waals surface area contributed by atoms with Crippen LogP contribution in [0.3, 0.4) is 0 Å². The quantitative estimate of drug-likeness (QED) is 0.510. The van der Waals surface area contributed by atoms with Gasteiger partial charge in [-0.25, -0.2) is 4.79 Å². The van der Waals surface area contributed by atoms with Crippen molar-refractivity contribution in [2.24, 2.45) is 0 Å². The molecule has 134 valence electrons. The van der Waals surface area contributed by atoms with Crippen molar-refractivity contribution in [3.63, 3.8) is 0 Å². The van der Waals surface area contributed by atoms with Crippen LogP contribution in [0, 0.1) is 0 Å².